The molecule has 2 rings (SSSR count). The van der Waals surface area contributed by atoms with Gasteiger partial charge in [0.2, 0.25) is 5.91 Å². The summed E-state index contributed by atoms with van der Waals surface area (Å²) in [4.78, 5) is 11.1. The Labute approximate surface area is 162 Å². The van der Waals surface area contributed by atoms with E-state index in [2.05, 4.69) is 5.32 Å². The maximum Gasteiger partial charge on any atom is 0.218 e. The minimum atomic E-state index is -0.588. The van der Waals surface area contributed by atoms with Crippen molar-refractivity contribution in [2.24, 2.45) is 5.73 Å². The van der Waals surface area contributed by atoms with Gasteiger partial charge in [-0.1, -0.05) is 30.7 Å². The Morgan fingerprint density at radius 1 is 1.41 bits per heavy atom. The first kappa shape index (κ1) is 20.7. The van der Waals surface area contributed by atoms with Crippen LogP contribution in [0.3, 0.4) is 0 Å². The number of rotatable bonds is 8. The highest BCUT2D eigenvalue weighted by molar-refractivity contribution is 6.32. The predicted molar refractivity (Wildman–Crippen MR) is 102 cm³/mol. The van der Waals surface area contributed by atoms with Crippen LogP contribution >= 0.6 is 11.6 Å². The van der Waals surface area contributed by atoms with Gasteiger partial charge in [0, 0.05) is 24.1 Å². The van der Waals surface area contributed by atoms with Crippen LogP contribution < -0.4 is 15.8 Å². The fourth-order valence-electron chi connectivity index (χ4n) is 2.79. The van der Waals surface area contributed by atoms with Gasteiger partial charge >= 0.3 is 0 Å². The Hall–Kier alpha value is -2.62. The molecule has 2 aromatic carbocycles. The first-order valence-electron chi connectivity index (χ1n) is 8.56. The Balaban J connectivity index is 2.32. The molecule has 0 radical (unpaired) electrons. The van der Waals surface area contributed by atoms with E-state index in [4.69, 9.17) is 27.3 Å². The van der Waals surface area contributed by atoms with E-state index in [1.165, 1.54) is 6.07 Å². The maximum absolute atomic E-state index is 15.1. The van der Waals surface area contributed by atoms with Crippen LogP contribution in [0, 0.1) is 17.1 Å². The normalized spacial score (nSPS) is 12.9. The van der Waals surface area contributed by atoms with Crippen LogP contribution in [0.5, 0.6) is 11.5 Å². The van der Waals surface area contributed by atoms with Gasteiger partial charge < -0.3 is 15.8 Å². The maximum atomic E-state index is 15.1. The van der Waals surface area contributed by atoms with Crippen LogP contribution in [0.15, 0.2) is 36.4 Å². The van der Waals surface area contributed by atoms with Gasteiger partial charge in [-0.25, -0.2) is 4.39 Å². The number of primary amides is 1. The first-order chi connectivity index (χ1) is 12.8. The standard InChI is InChI=1S/C20H21ClFN3O2/c1-3-17(25-12(2)9-18(24)26)15-7-8-16(21)20(19(15)22)27-14-6-4-5-13(10-14)11-23/h4-8,10,12,17,25H,3,9H2,1-2H3,(H2,24,26)/t12-,17+/m0/s1. The van der Waals surface area contributed by atoms with E-state index in [9.17, 15) is 4.79 Å². The summed E-state index contributed by atoms with van der Waals surface area (Å²) >= 11 is 6.14. The van der Waals surface area contributed by atoms with E-state index in [-0.39, 0.29) is 29.3 Å². The molecule has 2 atom stereocenters. The summed E-state index contributed by atoms with van der Waals surface area (Å²) in [6.45, 7) is 3.71. The number of ether oxygens (including phenoxy) is 1. The number of hydrogen-bond donors (Lipinski definition) is 2. The molecular formula is C20H21ClFN3O2. The Morgan fingerprint density at radius 2 is 2.15 bits per heavy atom. The van der Waals surface area contributed by atoms with Gasteiger partial charge in [0.15, 0.2) is 11.6 Å². The molecule has 1 amide bonds. The molecule has 3 N–H and O–H groups in total. The van der Waals surface area contributed by atoms with Gasteiger partial charge in [0.25, 0.3) is 0 Å². The SMILES string of the molecule is CC[C@@H](N[C@@H](C)CC(N)=O)c1ccc(Cl)c(Oc2cccc(C#N)c2)c1F. The number of halogens is 2. The van der Waals surface area contributed by atoms with Crippen molar-refractivity contribution >= 4 is 17.5 Å². The number of hydrogen-bond acceptors (Lipinski definition) is 4. The van der Waals surface area contributed by atoms with Gasteiger partial charge in [0.05, 0.1) is 16.7 Å². The molecule has 0 aliphatic rings. The lowest BCUT2D eigenvalue weighted by Gasteiger charge is -2.23. The number of nitrogens with two attached hydrogens (primary N) is 1. The molecule has 0 bridgehead atoms. The largest absolute Gasteiger partial charge is 0.453 e. The molecule has 0 spiro atoms. The van der Waals surface area contributed by atoms with Crippen LogP contribution in [-0.4, -0.2) is 11.9 Å². The molecule has 7 heteroatoms. The smallest absolute Gasteiger partial charge is 0.218 e. The number of benzene rings is 2. The average Bonchev–Trinajstić information content (AvgIpc) is 2.63. The number of nitriles is 1. The van der Waals surface area contributed by atoms with Crippen molar-refractivity contribution in [2.45, 2.75) is 38.8 Å². The van der Waals surface area contributed by atoms with E-state index in [0.29, 0.717) is 23.3 Å². The molecule has 0 saturated carbocycles. The monoisotopic (exact) mass is 389 g/mol. The van der Waals surface area contributed by atoms with Gasteiger partial charge in [-0.2, -0.15) is 5.26 Å². The van der Waals surface area contributed by atoms with Crippen LogP contribution in [0.1, 0.15) is 43.9 Å². The lowest BCUT2D eigenvalue weighted by Crippen LogP contribution is -2.34. The van der Waals surface area contributed by atoms with Gasteiger partial charge in [-0.15, -0.1) is 0 Å². The zero-order valence-corrected chi connectivity index (χ0v) is 15.9. The number of nitrogens with zero attached hydrogens (tertiary/aromatic N) is 1. The summed E-state index contributed by atoms with van der Waals surface area (Å²) in [6, 6.07) is 11.0. The molecule has 0 saturated heterocycles. The third-order valence-electron chi connectivity index (χ3n) is 4.04. The third-order valence-corrected chi connectivity index (χ3v) is 4.34. The predicted octanol–water partition coefficient (Wildman–Crippen LogP) is 4.45. The van der Waals surface area contributed by atoms with E-state index in [0.717, 1.165) is 0 Å². The molecule has 142 valence electrons. The summed E-state index contributed by atoms with van der Waals surface area (Å²) in [6.07, 6.45) is 0.737. The molecule has 0 unspecified atom stereocenters. The summed E-state index contributed by atoms with van der Waals surface area (Å²) in [5.41, 5.74) is 6.00. The molecular weight excluding hydrogens is 369 g/mol. The van der Waals surface area contributed by atoms with Crippen LogP contribution in [-0.2, 0) is 4.79 Å². The van der Waals surface area contributed by atoms with E-state index in [1.54, 1.807) is 30.3 Å². The topological polar surface area (TPSA) is 88.1 Å². The third kappa shape index (κ3) is 5.43. The van der Waals surface area contributed by atoms with Gasteiger partial charge in [-0.3, -0.25) is 4.79 Å². The molecule has 0 aliphatic carbocycles. The second-order valence-electron chi connectivity index (χ2n) is 6.22. The molecule has 5 nitrogen and oxygen atoms in total. The molecule has 0 heterocycles. The molecule has 0 aromatic heterocycles. The van der Waals surface area contributed by atoms with E-state index < -0.39 is 11.7 Å². The lowest BCUT2D eigenvalue weighted by molar-refractivity contribution is -0.118. The second kappa shape index (κ2) is 9.36. The van der Waals surface area contributed by atoms with E-state index in [1.807, 2.05) is 19.9 Å². The quantitative estimate of drug-likeness (QED) is 0.698. The zero-order valence-electron chi connectivity index (χ0n) is 15.1. The van der Waals surface area contributed by atoms with E-state index >= 15 is 4.39 Å². The minimum Gasteiger partial charge on any atom is -0.453 e. The summed E-state index contributed by atoms with van der Waals surface area (Å²) in [7, 11) is 0. The van der Waals surface area contributed by atoms with Crippen LogP contribution in [0.2, 0.25) is 5.02 Å². The van der Waals surface area contributed by atoms with Crippen molar-refractivity contribution in [3.05, 3.63) is 58.4 Å². The Bertz CT molecular complexity index is 867. The van der Waals surface area contributed by atoms with Crippen molar-refractivity contribution in [3.63, 3.8) is 0 Å². The van der Waals surface area contributed by atoms with Crippen molar-refractivity contribution < 1.29 is 13.9 Å². The fraction of sp³-hybridized carbons (Fsp3) is 0.300. The summed E-state index contributed by atoms with van der Waals surface area (Å²) in [5, 5.41) is 12.3. The van der Waals surface area contributed by atoms with Crippen molar-refractivity contribution in [2.75, 3.05) is 0 Å². The van der Waals surface area contributed by atoms with Crippen LogP contribution in [0.4, 0.5) is 4.39 Å². The first-order valence-corrected chi connectivity index (χ1v) is 8.93. The molecule has 0 fully saturated rings. The number of carbonyl (C=O) groups excluding carboxylic acids is 1. The summed E-state index contributed by atoms with van der Waals surface area (Å²) in [5.74, 6) is -0.805. The fourth-order valence-corrected chi connectivity index (χ4v) is 2.97. The second-order valence-corrected chi connectivity index (χ2v) is 6.63. The molecule has 0 aliphatic heterocycles. The highest BCUT2D eigenvalue weighted by Gasteiger charge is 2.22. The zero-order chi connectivity index (χ0) is 20.0. The van der Waals surface area contributed by atoms with Crippen molar-refractivity contribution in [1.29, 1.82) is 5.26 Å². The van der Waals surface area contributed by atoms with Gasteiger partial charge in [-0.05, 0) is 37.6 Å². The van der Waals surface area contributed by atoms with Gasteiger partial charge in [0.1, 0.15) is 5.75 Å². The Kier molecular flexibility index (Phi) is 7.17. The highest BCUT2D eigenvalue weighted by Crippen LogP contribution is 2.36. The van der Waals surface area contributed by atoms with Crippen LogP contribution in [0.25, 0.3) is 0 Å². The van der Waals surface area contributed by atoms with Crippen molar-refractivity contribution in [1.82, 2.24) is 5.32 Å². The number of nitrogens with one attached hydrogen (secondary N) is 1. The number of carbonyl (C=O) groups is 1. The lowest BCUT2D eigenvalue weighted by atomic mass is 10.0. The number of amides is 1. The average molecular weight is 390 g/mol. The highest BCUT2D eigenvalue weighted by atomic mass is 35.5. The Morgan fingerprint density at radius 3 is 2.78 bits per heavy atom. The van der Waals surface area contributed by atoms with Crippen molar-refractivity contribution in [3.8, 4) is 17.6 Å². The molecule has 2 aromatic rings. The molecule has 27 heavy (non-hydrogen) atoms. The minimum absolute atomic E-state index is 0.105. The summed E-state index contributed by atoms with van der Waals surface area (Å²) < 4.78 is 20.8.